The molecule has 9 heteroatoms. The molecule has 0 bridgehead atoms. The lowest BCUT2D eigenvalue weighted by molar-refractivity contribution is 0.0996. The molecule has 1 amide bonds. The zero-order chi connectivity index (χ0) is 17.8. The number of carbonyl (C=O) groups excluding carboxylic acids is 1. The van der Waals surface area contributed by atoms with Crippen LogP contribution in [-0.4, -0.2) is 15.9 Å². The molecule has 0 radical (unpaired) electrons. The van der Waals surface area contributed by atoms with E-state index in [1.165, 1.54) is 24.1 Å². The van der Waals surface area contributed by atoms with Gasteiger partial charge in [0.2, 0.25) is 0 Å². The summed E-state index contributed by atoms with van der Waals surface area (Å²) in [5.74, 6) is 0.00491. The molecule has 0 saturated carbocycles. The molecule has 0 aliphatic rings. The number of nitrogens with zero attached hydrogens (tertiary/aromatic N) is 1. The van der Waals surface area contributed by atoms with Crippen LogP contribution in [-0.2, 0) is 5.75 Å². The smallest absolute Gasteiger partial charge is 0.291 e. The molecule has 7 nitrogen and oxygen atoms in total. The van der Waals surface area contributed by atoms with Crippen molar-refractivity contribution < 1.29 is 9.21 Å². The van der Waals surface area contributed by atoms with E-state index in [1.54, 1.807) is 18.2 Å². The van der Waals surface area contributed by atoms with Crippen molar-refractivity contribution in [1.29, 1.82) is 0 Å². The van der Waals surface area contributed by atoms with Gasteiger partial charge >= 0.3 is 0 Å². The number of hydrogen-bond donors (Lipinski definition) is 3. The number of nitrogens with one attached hydrogen (secondary N) is 2. The highest BCUT2D eigenvalue weighted by atomic mass is 35.5. The fourth-order valence-electron chi connectivity index (χ4n) is 1.97. The number of hydrogen-bond acceptors (Lipinski definition) is 6. The molecular weight excluding hydrogens is 364 g/mol. The molecule has 0 unspecified atom stereocenters. The maximum absolute atomic E-state index is 12.2. The number of aromatic nitrogens is 2. The molecule has 128 valence electrons. The highest BCUT2D eigenvalue weighted by Gasteiger charge is 2.15. The van der Waals surface area contributed by atoms with Crippen molar-refractivity contribution in [3.05, 3.63) is 69.4 Å². The van der Waals surface area contributed by atoms with Crippen molar-refractivity contribution in [1.82, 2.24) is 9.97 Å². The lowest BCUT2D eigenvalue weighted by Gasteiger charge is -2.07. The van der Waals surface area contributed by atoms with E-state index >= 15 is 0 Å². The van der Waals surface area contributed by atoms with Crippen LogP contribution in [0, 0.1) is 0 Å². The van der Waals surface area contributed by atoms with Gasteiger partial charge in [-0.15, -0.1) is 0 Å². The van der Waals surface area contributed by atoms with Crippen LogP contribution in [0.1, 0.15) is 16.1 Å². The Balaban J connectivity index is 1.72. The Kier molecular flexibility index (Phi) is 5.11. The summed E-state index contributed by atoms with van der Waals surface area (Å²) < 4.78 is 4.97. The van der Waals surface area contributed by atoms with Gasteiger partial charge in [-0.25, -0.2) is 4.98 Å². The molecule has 0 fully saturated rings. The van der Waals surface area contributed by atoms with Gasteiger partial charge in [0.15, 0.2) is 22.4 Å². The first-order valence-electron chi connectivity index (χ1n) is 7.15. The van der Waals surface area contributed by atoms with Gasteiger partial charge in [-0.1, -0.05) is 35.5 Å². The van der Waals surface area contributed by atoms with Gasteiger partial charge in [0.1, 0.15) is 0 Å². The summed E-state index contributed by atoms with van der Waals surface area (Å²) in [4.78, 5) is 30.8. The predicted molar refractivity (Wildman–Crippen MR) is 96.9 cm³/mol. The number of nitrogens with two attached hydrogens (primary N) is 1. The van der Waals surface area contributed by atoms with Gasteiger partial charge in [0, 0.05) is 10.8 Å². The number of H-pyrrole nitrogens is 1. The second-order valence-electron chi connectivity index (χ2n) is 4.98. The van der Waals surface area contributed by atoms with Crippen molar-refractivity contribution in [3.8, 4) is 0 Å². The number of aromatic amines is 1. The Morgan fingerprint density at radius 3 is 2.72 bits per heavy atom. The topological polar surface area (TPSA) is 114 Å². The lowest BCUT2D eigenvalue weighted by Crippen LogP contribution is -2.22. The minimum Gasteiger partial charge on any atom is -0.459 e. The molecular formula is C16H13ClN4O3S. The van der Waals surface area contributed by atoms with Crippen molar-refractivity contribution in [3.63, 3.8) is 0 Å². The van der Waals surface area contributed by atoms with Gasteiger partial charge in [-0.05, 0) is 29.8 Å². The van der Waals surface area contributed by atoms with Gasteiger partial charge in [-0.2, -0.15) is 0 Å². The average Bonchev–Trinajstić information content (AvgIpc) is 3.12. The van der Waals surface area contributed by atoms with E-state index in [9.17, 15) is 9.59 Å². The molecule has 1 aromatic carbocycles. The summed E-state index contributed by atoms with van der Waals surface area (Å²) in [7, 11) is 0. The third-order valence-corrected chi connectivity index (χ3v) is 4.39. The highest BCUT2D eigenvalue weighted by molar-refractivity contribution is 7.98. The van der Waals surface area contributed by atoms with Crippen LogP contribution in [0.4, 0.5) is 11.5 Å². The molecule has 0 aliphatic carbocycles. The van der Waals surface area contributed by atoms with Gasteiger partial charge < -0.3 is 15.5 Å². The van der Waals surface area contributed by atoms with E-state index in [0.29, 0.717) is 15.9 Å². The molecule has 0 spiro atoms. The minimum atomic E-state index is -0.578. The SMILES string of the molecule is Nc1nc(SCc2ccc(Cl)cc2)[nH]c(=O)c1NC(=O)c1ccco1. The van der Waals surface area contributed by atoms with Crippen LogP contribution in [0.25, 0.3) is 0 Å². The molecule has 2 aromatic heterocycles. The van der Waals surface area contributed by atoms with Crippen LogP contribution in [0.2, 0.25) is 5.02 Å². The molecule has 3 rings (SSSR count). The molecule has 25 heavy (non-hydrogen) atoms. The summed E-state index contributed by atoms with van der Waals surface area (Å²) in [6.07, 6.45) is 1.36. The van der Waals surface area contributed by atoms with Crippen LogP contribution in [0.15, 0.2) is 57.0 Å². The molecule has 0 aliphatic heterocycles. The lowest BCUT2D eigenvalue weighted by atomic mass is 10.2. The summed E-state index contributed by atoms with van der Waals surface area (Å²) in [6.45, 7) is 0. The van der Waals surface area contributed by atoms with E-state index in [-0.39, 0.29) is 17.3 Å². The standard InChI is InChI=1S/C16H13ClN4O3S/c17-10-5-3-9(4-6-10)8-25-16-20-13(18)12(15(23)21-16)19-14(22)11-2-1-7-24-11/h1-7H,8H2,(H,19,22)(H3,18,20,21,23). The largest absolute Gasteiger partial charge is 0.459 e. The number of amides is 1. The van der Waals surface area contributed by atoms with Gasteiger partial charge in [0.25, 0.3) is 11.5 Å². The quantitative estimate of drug-likeness (QED) is 0.465. The van der Waals surface area contributed by atoms with E-state index < -0.39 is 11.5 Å². The zero-order valence-corrected chi connectivity index (χ0v) is 14.4. The summed E-state index contributed by atoms with van der Waals surface area (Å²) >= 11 is 7.15. The highest BCUT2D eigenvalue weighted by Crippen LogP contribution is 2.22. The molecule has 4 N–H and O–H groups in total. The van der Waals surface area contributed by atoms with Crippen molar-refractivity contribution in [2.75, 3.05) is 11.1 Å². The third kappa shape index (κ3) is 4.23. The molecule has 0 saturated heterocycles. The van der Waals surface area contributed by atoms with Crippen LogP contribution >= 0.6 is 23.4 Å². The van der Waals surface area contributed by atoms with Crippen LogP contribution < -0.4 is 16.6 Å². The number of benzene rings is 1. The molecule has 2 heterocycles. The Morgan fingerprint density at radius 2 is 2.08 bits per heavy atom. The normalized spacial score (nSPS) is 10.6. The van der Waals surface area contributed by atoms with Crippen molar-refractivity contribution >= 4 is 40.8 Å². The van der Waals surface area contributed by atoms with Crippen molar-refractivity contribution in [2.45, 2.75) is 10.9 Å². The number of rotatable bonds is 5. The third-order valence-electron chi connectivity index (χ3n) is 3.20. The first kappa shape index (κ1) is 17.1. The average molecular weight is 377 g/mol. The molecule has 0 atom stereocenters. The van der Waals surface area contributed by atoms with E-state index in [0.717, 1.165) is 5.56 Å². The second kappa shape index (κ2) is 7.45. The van der Waals surface area contributed by atoms with Gasteiger partial charge in [0.05, 0.1) is 6.26 Å². The first-order chi connectivity index (χ1) is 12.0. The summed E-state index contributed by atoms with van der Waals surface area (Å²) in [5.41, 5.74) is 6.17. The predicted octanol–water partition coefficient (Wildman–Crippen LogP) is 3.14. The number of carbonyl (C=O) groups is 1. The first-order valence-corrected chi connectivity index (χ1v) is 8.51. The number of halogens is 1. The fraction of sp³-hybridized carbons (Fsp3) is 0.0625. The van der Waals surface area contributed by atoms with Gasteiger partial charge in [-0.3, -0.25) is 14.6 Å². The number of furan rings is 1. The Bertz CT molecular complexity index is 939. The summed E-state index contributed by atoms with van der Waals surface area (Å²) in [5, 5.41) is 3.41. The van der Waals surface area contributed by atoms with E-state index in [1.807, 2.05) is 12.1 Å². The zero-order valence-electron chi connectivity index (χ0n) is 12.8. The monoisotopic (exact) mass is 376 g/mol. The maximum Gasteiger partial charge on any atom is 0.291 e. The van der Waals surface area contributed by atoms with Crippen LogP contribution in [0.3, 0.4) is 0 Å². The van der Waals surface area contributed by atoms with Crippen molar-refractivity contribution in [2.24, 2.45) is 0 Å². The van der Waals surface area contributed by atoms with Crippen LogP contribution in [0.5, 0.6) is 0 Å². The van der Waals surface area contributed by atoms with E-state index in [2.05, 4.69) is 15.3 Å². The number of thioether (sulfide) groups is 1. The number of anilines is 2. The fourth-order valence-corrected chi connectivity index (χ4v) is 2.92. The second-order valence-corrected chi connectivity index (χ2v) is 6.38. The Morgan fingerprint density at radius 1 is 1.32 bits per heavy atom. The minimum absolute atomic E-state index is 0.0673. The maximum atomic E-state index is 12.2. The Labute approximate surface area is 151 Å². The number of nitrogen functional groups attached to an aromatic ring is 1. The Hall–Kier alpha value is -2.71. The van der Waals surface area contributed by atoms with E-state index in [4.69, 9.17) is 21.8 Å². The summed E-state index contributed by atoms with van der Waals surface area (Å²) in [6, 6.07) is 10.4. The molecule has 3 aromatic rings.